The van der Waals surface area contributed by atoms with Crippen LogP contribution in [-0.2, 0) is 16.1 Å². The Kier molecular flexibility index (Phi) is 12.0. The SMILES string of the molecule is COC(=O)N[C@H](C(=O)NC[C@@H](O)CNCc1c(F)cc(C(C=NC(F)F)=CN)cc1F)C(C)(C)C(F)(F)F. The molecule has 0 bridgehead atoms. The lowest BCUT2D eigenvalue weighted by Crippen LogP contribution is -2.60. The molecule has 0 fully saturated rings. The summed E-state index contributed by atoms with van der Waals surface area (Å²) in [5, 5.41) is 16.5. The van der Waals surface area contributed by atoms with Crippen LogP contribution in [0, 0.1) is 17.0 Å². The lowest BCUT2D eigenvalue weighted by atomic mass is 9.83. The minimum absolute atomic E-state index is 0.157. The Morgan fingerprint density at radius 1 is 1.16 bits per heavy atom. The molecular formula is C22H28F7N5O4. The molecular weight excluding hydrogens is 531 g/mol. The first-order valence-corrected chi connectivity index (χ1v) is 10.8. The number of alkyl halides is 5. The van der Waals surface area contributed by atoms with Gasteiger partial charge in [-0.2, -0.15) is 22.0 Å². The summed E-state index contributed by atoms with van der Waals surface area (Å²) >= 11 is 0. The first-order valence-electron chi connectivity index (χ1n) is 10.8. The number of ether oxygens (including phenoxy) is 1. The molecule has 38 heavy (non-hydrogen) atoms. The number of hydrogen-bond acceptors (Lipinski definition) is 7. The third-order valence-electron chi connectivity index (χ3n) is 5.34. The van der Waals surface area contributed by atoms with Gasteiger partial charge in [-0.3, -0.25) is 4.79 Å². The number of methoxy groups -OCH3 is 1. The molecule has 2 amide bonds. The van der Waals surface area contributed by atoms with Crippen LogP contribution in [0.4, 0.5) is 35.5 Å². The number of nitrogens with zero attached hydrogens (tertiary/aromatic N) is 1. The first kappa shape index (κ1) is 32.6. The third-order valence-corrected chi connectivity index (χ3v) is 5.34. The van der Waals surface area contributed by atoms with Crippen molar-refractivity contribution in [3.8, 4) is 0 Å². The van der Waals surface area contributed by atoms with E-state index in [1.807, 2.05) is 5.32 Å². The van der Waals surface area contributed by atoms with Crippen molar-refractivity contribution in [2.75, 3.05) is 20.2 Å². The van der Waals surface area contributed by atoms with Crippen LogP contribution in [0.25, 0.3) is 5.57 Å². The van der Waals surface area contributed by atoms with Crippen LogP contribution < -0.4 is 21.7 Å². The van der Waals surface area contributed by atoms with Gasteiger partial charge in [0.1, 0.15) is 17.7 Å². The van der Waals surface area contributed by atoms with Crippen LogP contribution in [0.5, 0.6) is 0 Å². The molecule has 214 valence electrons. The molecule has 0 unspecified atom stereocenters. The van der Waals surface area contributed by atoms with Crippen molar-refractivity contribution < 1.29 is 50.2 Å². The molecule has 0 spiro atoms. The quantitative estimate of drug-likeness (QED) is 0.152. The van der Waals surface area contributed by atoms with Gasteiger partial charge in [0.05, 0.1) is 18.6 Å². The fourth-order valence-electron chi connectivity index (χ4n) is 2.96. The number of alkyl carbamates (subject to hydrolysis) is 1. The Morgan fingerprint density at radius 2 is 1.74 bits per heavy atom. The van der Waals surface area contributed by atoms with E-state index in [-0.39, 0.29) is 17.7 Å². The summed E-state index contributed by atoms with van der Waals surface area (Å²) in [5.74, 6) is -3.39. The molecule has 0 aromatic heterocycles. The van der Waals surface area contributed by atoms with Gasteiger partial charge in [-0.15, -0.1) is 0 Å². The number of rotatable bonds is 12. The van der Waals surface area contributed by atoms with Crippen LogP contribution in [0.1, 0.15) is 25.0 Å². The molecule has 0 aliphatic rings. The highest BCUT2D eigenvalue weighted by Gasteiger charge is 2.55. The number of allylic oxidation sites excluding steroid dienone is 1. The number of carbonyl (C=O) groups excluding carboxylic acids is 2. The van der Waals surface area contributed by atoms with Crippen LogP contribution in [0.3, 0.4) is 0 Å². The number of carbonyl (C=O) groups is 2. The van der Waals surface area contributed by atoms with Crippen molar-refractivity contribution in [3.63, 3.8) is 0 Å². The minimum Gasteiger partial charge on any atom is -0.453 e. The van der Waals surface area contributed by atoms with Gasteiger partial charge < -0.3 is 31.5 Å². The molecule has 16 heteroatoms. The summed E-state index contributed by atoms with van der Waals surface area (Å²) in [6.07, 6.45) is -6.09. The Bertz CT molecular complexity index is 1010. The number of nitrogens with two attached hydrogens (primary N) is 1. The second kappa shape index (κ2) is 13.9. The molecule has 0 saturated carbocycles. The Morgan fingerprint density at radius 3 is 2.21 bits per heavy atom. The van der Waals surface area contributed by atoms with Gasteiger partial charge in [-0.25, -0.2) is 18.6 Å². The zero-order valence-corrected chi connectivity index (χ0v) is 20.5. The van der Waals surface area contributed by atoms with E-state index in [9.17, 15) is 45.4 Å². The predicted octanol–water partition coefficient (Wildman–Crippen LogP) is 2.44. The number of aliphatic imine (C=N–C) groups is 1. The van der Waals surface area contributed by atoms with Crippen LogP contribution in [-0.4, -0.2) is 68.4 Å². The highest BCUT2D eigenvalue weighted by atomic mass is 19.4. The second-order valence-electron chi connectivity index (χ2n) is 8.41. The maximum Gasteiger partial charge on any atom is 0.407 e. The minimum atomic E-state index is -4.89. The smallest absolute Gasteiger partial charge is 0.407 e. The van der Waals surface area contributed by atoms with E-state index in [2.05, 4.69) is 20.4 Å². The fraction of sp³-hybridized carbons (Fsp3) is 0.500. The molecule has 1 aromatic rings. The van der Waals surface area contributed by atoms with Crippen molar-refractivity contribution in [1.82, 2.24) is 16.0 Å². The van der Waals surface area contributed by atoms with E-state index in [0.717, 1.165) is 25.4 Å². The highest BCUT2D eigenvalue weighted by Crippen LogP contribution is 2.40. The predicted molar refractivity (Wildman–Crippen MR) is 123 cm³/mol. The largest absolute Gasteiger partial charge is 0.453 e. The van der Waals surface area contributed by atoms with E-state index < -0.39 is 72.6 Å². The molecule has 9 nitrogen and oxygen atoms in total. The summed E-state index contributed by atoms with van der Waals surface area (Å²) in [6, 6.07) is -0.428. The van der Waals surface area contributed by atoms with Gasteiger partial charge in [-0.05, 0) is 31.5 Å². The summed E-state index contributed by atoms with van der Waals surface area (Å²) in [7, 11) is 0.898. The second-order valence-corrected chi connectivity index (χ2v) is 8.41. The van der Waals surface area contributed by atoms with Crippen molar-refractivity contribution in [3.05, 3.63) is 41.1 Å². The zero-order valence-electron chi connectivity index (χ0n) is 20.5. The van der Waals surface area contributed by atoms with Gasteiger partial charge in [0, 0.05) is 43.2 Å². The lowest BCUT2D eigenvalue weighted by molar-refractivity contribution is -0.220. The van der Waals surface area contributed by atoms with Crippen LogP contribution in [0.15, 0.2) is 23.3 Å². The van der Waals surface area contributed by atoms with Gasteiger partial charge in [0.2, 0.25) is 5.91 Å². The van der Waals surface area contributed by atoms with E-state index in [0.29, 0.717) is 20.1 Å². The normalized spacial score (nSPS) is 14.5. The lowest BCUT2D eigenvalue weighted by Gasteiger charge is -2.35. The third kappa shape index (κ3) is 9.16. The maximum absolute atomic E-state index is 14.4. The Balaban J connectivity index is 2.79. The number of nitrogens with one attached hydrogen (secondary N) is 3. The standard InChI is InChI=1S/C22H28F7N5O4/c1-21(2,22(27,28)29)17(34-20(37)38-3)18(36)32-9-13(35)8-31-10-14-15(23)4-11(5-16(14)24)12(6-30)7-33-19(25)26/h4-7,13,17,19,31,35H,8-10,30H2,1-3H3,(H,32,36)(H,34,37)/t13-,17+/m0/s1. The maximum atomic E-state index is 14.4. The first-order chi connectivity index (χ1) is 17.5. The number of aliphatic hydroxyl groups excluding tert-OH is 1. The van der Waals surface area contributed by atoms with Crippen LogP contribution >= 0.6 is 0 Å². The molecule has 6 N–H and O–H groups in total. The number of halogens is 7. The number of hydrogen-bond donors (Lipinski definition) is 5. The molecule has 0 saturated heterocycles. The molecule has 2 atom stereocenters. The van der Waals surface area contributed by atoms with Crippen LogP contribution in [0.2, 0.25) is 0 Å². The molecule has 0 aliphatic carbocycles. The fourth-order valence-corrected chi connectivity index (χ4v) is 2.96. The van der Waals surface area contributed by atoms with Gasteiger partial charge in [-0.1, -0.05) is 0 Å². The average molecular weight is 559 g/mol. The number of amides is 2. The van der Waals surface area contributed by atoms with E-state index in [1.165, 1.54) is 0 Å². The van der Waals surface area contributed by atoms with E-state index in [4.69, 9.17) is 5.73 Å². The number of benzene rings is 1. The Labute approximate surface area is 213 Å². The zero-order chi connectivity index (χ0) is 29.3. The summed E-state index contributed by atoms with van der Waals surface area (Å²) < 4.78 is 97.8. The highest BCUT2D eigenvalue weighted by molar-refractivity contribution is 6.09. The topological polar surface area (TPSA) is 138 Å². The van der Waals surface area contributed by atoms with E-state index in [1.54, 1.807) is 0 Å². The summed E-state index contributed by atoms with van der Waals surface area (Å²) in [4.78, 5) is 26.7. The molecule has 0 radical (unpaired) electrons. The van der Waals surface area contributed by atoms with Gasteiger partial charge in [0.25, 0.3) is 0 Å². The van der Waals surface area contributed by atoms with Crippen molar-refractivity contribution in [2.45, 2.75) is 45.3 Å². The van der Waals surface area contributed by atoms with Gasteiger partial charge in [0.15, 0.2) is 0 Å². The van der Waals surface area contributed by atoms with Crippen molar-refractivity contribution >= 4 is 23.8 Å². The van der Waals surface area contributed by atoms with Crippen molar-refractivity contribution in [1.29, 1.82) is 0 Å². The van der Waals surface area contributed by atoms with Gasteiger partial charge >= 0.3 is 18.8 Å². The molecule has 0 heterocycles. The van der Waals surface area contributed by atoms with Crippen molar-refractivity contribution in [2.24, 2.45) is 16.1 Å². The number of aliphatic hydroxyl groups is 1. The molecule has 1 aromatic carbocycles. The molecule has 1 rings (SSSR count). The monoisotopic (exact) mass is 559 g/mol. The summed E-state index contributed by atoms with van der Waals surface area (Å²) in [5.41, 5.74) is 1.79. The molecule has 0 aliphatic heterocycles. The summed E-state index contributed by atoms with van der Waals surface area (Å²) in [6.45, 7) is -3.05. The Hall–Kier alpha value is -3.40. The van der Waals surface area contributed by atoms with E-state index >= 15 is 0 Å². The average Bonchev–Trinajstić information content (AvgIpc) is 2.81.